The van der Waals surface area contributed by atoms with E-state index in [-0.39, 0.29) is 0 Å². The molecule has 0 aliphatic rings. The van der Waals surface area contributed by atoms with Crippen LogP contribution in [0.3, 0.4) is 0 Å². The largest absolute Gasteiger partial charge is 0.452 e. The highest BCUT2D eigenvalue weighted by Crippen LogP contribution is 2.23. The minimum atomic E-state index is 0.329. The van der Waals surface area contributed by atoms with E-state index in [4.69, 9.17) is 4.42 Å². The number of unbranched alkanes of at least 4 members (excludes halogenated alkanes) is 2. The van der Waals surface area contributed by atoms with Gasteiger partial charge in [0.15, 0.2) is 12.0 Å². The first kappa shape index (κ1) is 11.5. The third-order valence-electron chi connectivity index (χ3n) is 2.60. The van der Waals surface area contributed by atoms with Gasteiger partial charge in [-0.2, -0.15) is 0 Å². The van der Waals surface area contributed by atoms with Gasteiger partial charge in [-0.25, -0.2) is 0 Å². The molecule has 0 saturated heterocycles. The monoisotopic (exact) mass is 226 g/mol. The van der Waals surface area contributed by atoms with Crippen LogP contribution < -0.4 is 0 Å². The van der Waals surface area contributed by atoms with Crippen LogP contribution in [0.15, 0.2) is 28.7 Å². The van der Waals surface area contributed by atoms with Crippen molar-refractivity contribution in [2.75, 3.05) is 0 Å². The molecule has 0 N–H and O–H groups in total. The van der Waals surface area contributed by atoms with Crippen molar-refractivity contribution >= 4 is 17.3 Å². The lowest BCUT2D eigenvalue weighted by molar-refractivity contribution is 0.110. The SMILES string of the molecule is CCCCC#Cc1c(C=O)oc2ccccc12. The molecule has 0 fully saturated rings. The number of aldehydes is 1. The molecule has 1 heterocycles. The Balaban J connectivity index is 2.42. The van der Waals surface area contributed by atoms with Gasteiger partial charge in [-0.1, -0.05) is 37.3 Å². The number of benzene rings is 1. The molecule has 0 aliphatic carbocycles. The summed E-state index contributed by atoms with van der Waals surface area (Å²) in [7, 11) is 0. The van der Waals surface area contributed by atoms with Crippen molar-refractivity contribution in [1.82, 2.24) is 0 Å². The maximum atomic E-state index is 10.9. The number of rotatable bonds is 3. The zero-order valence-electron chi connectivity index (χ0n) is 9.82. The second-order valence-corrected chi connectivity index (χ2v) is 3.86. The highest BCUT2D eigenvalue weighted by Gasteiger charge is 2.10. The maximum absolute atomic E-state index is 10.9. The predicted octanol–water partition coefficient (Wildman–Crippen LogP) is 3.79. The van der Waals surface area contributed by atoms with Gasteiger partial charge >= 0.3 is 0 Å². The Hall–Kier alpha value is -2.01. The minimum Gasteiger partial charge on any atom is -0.452 e. The molecule has 17 heavy (non-hydrogen) atoms. The van der Waals surface area contributed by atoms with E-state index in [1.165, 1.54) is 0 Å². The smallest absolute Gasteiger partial charge is 0.186 e. The van der Waals surface area contributed by atoms with Crippen molar-refractivity contribution in [3.8, 4) is 11.8 Å². The maximum Gasteiger partial charge on any atom is 0.186 e. The van der Waals surface area contributed by atoms with Gasteiger partial charge in [-0.3, -0.25) is 4.79 Å². The molecular weight excluding hydrogens is 212 g/mol. The molecule has 0 saturated carbocycles. The van der Waals surface area contributed by atoms with Crippen LogP contribution in [0.25, 0.3) is 11.0 Å². The summed E-state index contributed by atoms with van der Waals surface area (Å²) >= 11 is 0. The highest BCUT2D eigenvalue weighted by atomic mass is 16.3. The van der Waals surface area contributed by atoms with Crippen molar-refractivity contribution in [3.05, 3.63) is 35.6 Å². The number of furan rings is 1. The van der Waals surface area contributed by atoms with Gasteiger partial charge in [0.05, 0.1) is 5.56 Å². The minimum absolute atomic E-state index is 0.329. The second-order valence-electron chi connectivity index (χ2n) is 3.86. The quantitative estimate of drug-likeness (QED) is 0.453. The van der Waals surface area contributed by atoms with Crippen LogP contribution >= 0.6 is 0 Å². The van der Waals surface area contributed by atoms with E-state index in [9.17, 15) is 4.79 Å². The molecule has 2 nitrogen and oxygen atoms in total. The Morgan fingerprint density at radius 3 is 2.94 bits per heavy atom. The van der Waals surface area contributed by atoms with Gasteiger partial charge in [0, 0.05) is 11.8 Å². The summed E-state index contributed by atoms with van der Waals surface area (Å²) in [5.41, 5.74) is 1.43. The number of carbonyl (C=O) groups excluding carboxylic acids is 1. The molecule has 0 bridgehead atoms. The van der Waals surface area contributed by atoms with Gasteiger partial charge in [0.25, 0.3) is 0 Å². The topological polar surface area (TPSA) is 30.2 Å². The van der Waals surface area contributed by atoms with Crippen LogP contribution in [0.1, 0.15) is 42.3 Å². The third-order valence-corrected chi connectivity index (χ3v) is 2.60. The molecule has 1 aromatic heterocycles. The Morgan fingerprint density at radius 2 is 2.18 bits per heavy atom. The third kappa shape index (κ3) is 2.39. The number of hydrogen-bond donors (Lipinski definition) is 0. The number of para-hydroxylation sites is 1. The van der Waals surface area contributed by atoms with Crippen LogP contribution in [-0.2, 0) is 0 Å². The summed E-state index contributed by atoms with van der Waals surface area (Å²) in [5, 5.41) is 0.915. The Bertz CT molecular complexity index is 582. The molecule has 1 aromatic carbocycles. The molecule has 0 unspecified atom stereocenters. The lowest BCUT2D eigenvalue weighted by Crippen LogP contribution is -1.80. The van der Waals surface area contributed by atoms with Crippen LogP contribution in [-0.4, -0.2) is 6.29 Å². The molecule has 2 rings (SSSR count). The molecule has 0 radical (unpaired) electrons. The lowest BCUT2D eigenvalue weighted by atomic mass is 10.1. The number of fused-ring (bicyclic) bond motifs is 1. The first-order chi connectivity index (χ1) is 8.36. The molecule has 0 amide bonds. The lowest BCUT2D eigenvalue weighted by Gasteiger charge is -1.87. The van der Waals surface area contributed by atoms with E-state index in [0.29, 0.717) is 11.3 Å². The first-order valence-electron chi connectivity index (χ1n) is 5.82. The highest BCUT2D eigenvalue weighted by molar-refractivity contribution is 5.92. The van der Waals surface area contributed by atoms with Crippen LogP contribution in [0.5, 0.6) is 0 Å². The fourth-order valence-electron chi connectivity index (χ4n) is 1.69. The van der Waals surface area contributed by atoms with Gasteiger partial charge in [0.1, 0.15) is 5.58 Å². The van der Waals surface area contributed by atoms with Gasteiger partial charge in [0.2, 0.25) is 0 Å². The molecule has 0 atom stereocenters. The molecule has 86 valence electrons. The zero-order valence-corrected chi connectivity index (χ0v) is 9.82. The van der Waals surface area contributed by atoms with Crippen molar-refractivity contribution in [2.45, 2.75) is 26.2 Å². The summed E-state index contributed by atoms with van der Waals surface area (Å²) < 4.78 is 5.43. The van der Waals surface area contributed by atoms with E-state index in [2.05, 4.69) is 18.8 Å². The van der Waals surface area contributed by atoms with Gasteiger partial charge in [-0.05, 0) is 18.6 Å². The summed E-state index contributed by atoms with van der Waals surface area (Å²) in [6, 6.07) is 7.58. The Morgan fingerprint density at radius 1 is 1.35 bits per heavy atom. The number of carbonyl (C=O) groups is 1. The zero-order chi connectivity index (χ0) is 12.1. The molecule has 0 spiro atoms. The average Bonchev–Trinajstić information content (AvgIpc) is 2.73. The summed E-state index contributed by atoms with van der Waals surface area (Å²) in [6.07, 6.45) is 3.79. The van der Waals surface area contributed by atoms with Crippen molar-refractivity contribution in [3.63, 3.8) is 0 Å². The van der Waals surface area contributed by atoms with E-state index in [0.717, 1.165) is 36.5 Å². The summed E-state index contributed by atoms with van der Waals surface area (Å²) in [5.74, 6) is 6.46. The van der Waals surface area contributed by atoms with Gasteiger partial charge < -0.3 is 4.42 Å². The van der Waals surface area contributed by atoms with Gasteiger partial charge in [-0.15, -0.1) is 0 Å². The van der Waals surface area contributed by atoms with E-state index in [1.54, 1.807) is 0 Å². The van der Waals surface area contributed by atoms with E-state index in [1.807, 2.05) is 24.3 Å². The van der Waals surface area contributed by atoms with Crippen molar-refractivity contribution in [2.24, 2.45) is 0 Å². The second kappa shape index (κ2) is 5.36. The predicted molar refractivity (Wildman–Crippen MR) is 68.0 cm³/mol. The standard InChI is InChI=1S/C15H14O2/c1-2-3-4-5-8-13-12-9-6-7-10-14(12)17-15(13)11-16/h6-7,9-11H,2-4H2,1H3. The van der Waals surface area contributed by atoms with Crippen LogP contribution in [0.4, 0.5) is 0 Å². The Labute approximate surface area is 101 Å². The first-order valence-corrected chi connectivity index (χ1v) is 5.82. The van der Waals surface area contributed by atoms with Crippen LogP contribution in [0, 0.1) is 11.8 Å². The van der Waals surface area contributed by atoms with E-state index >= 15 is 0 Å². The fraction of sp³-hybridized carbons (Fsp3) is 0.267. The molecule has 2 aromatic rings. The summed E-state index contributed by atoms with van der Waals surface area (Å²) in [4.78, 5) is 10.9. The van der Waals surface area contributed by atoms with Crippen LogP contribution in [0.2, 0.25) is 0 Å². The number of hydrogen-bond acceptors (Lipinski definition) is 2. The fourth-order valence-corrected chi connectivity index (χ4v) is 1.69. The molecule has 2 heteroatoms. The molecule has 0 aliphatic heterocycles. The summed E-state index contributed by atoms with van der Waals surface area (Å²) in [6.45, 7) is 2.13. The van der Waals surface area contributed by atoms with Crippen molar-refractivity contribution < 1.29 is 9.21 Å². The normalized spacial score (nSPS) is 9.94. The Kier molecular flexibility index (Phi) is 3.62. The molecular formula is C15H14O2. The van der Waals surface area contributed by atoms with Crippen molar-refractivity contribution in [1.29, 1.82) is 0 Å². The van der Waals surface area contributed by atoms with E-state index < -0.39 is 0 Å². The average molecular weight is 226 g/mol.